The van der Waals surface area contributed by atoms with Gasteiger partial charge in [-0.1, -0.05) is 18.9 Å². The van der Waals surface area contributed by atoms with Crippen LogP contribution in [0.2, 0.25) is 0 Å². The van der Waals surface area contributed by atoms with E-state index in [1.54, 1.807) is 0 Å². The van der Waals surface area contributed by atoms with E-state index in [4.69, 9.17) is 0 Å². The first-order valence-electron chi connectivity index (χ1n) is 12.8. The molecule has 176 valence electrons. The minimum absolute atomic E-state index is 0.147. The summed E-state index contributed by atoms with van der Waals surface area (Å²) in [6, 6.07) is 15.9. The molecule has 5 heteroatoms. The number of anilines is 2. The van der Waals surface area contributed by atoms with E-state index in [0.29, 0.717) is 0 Å². The number of carbonyl (C=O) groups excluding carboxylic acids is 1. The number of hydrogen-bond donors (Lipinski definition) is 0. The van der Waals surface area contributed by atoms with Gasteiger partial charge in [0.1, 0.15) is 0 Å². The summed E-state index contributed by atoms with van der Waals surface area (Å²) in [7, 11) is 4.04. The summed E-state index contributed by atoms with van der Waals surface area (Å²) >= 11 is 0. The lowest BCUT2D eigenvalue weighted by atomic mass is 10.0. The van der Waals surface area contributed by atoms with Crippen LogP contribution in [0.3, 0.4) is 0 Å². The summed E-state index contributed by atoms with van der Waals surface area (Å²) in [5.74, 6) is 0.147. The van der Waals surface area contributed by atoms with Gasteiger partial charge in [0.05, 0.1) is 0 Å². The van der Waals surface area contributed by atoms with Crippen molar-refractivity contribution in [1.82, 2.24) is 9.80 Å². The van der Waals surface area contributed by atoms with E-state index in [1.165, 1.54) is 68.4 Å². The van der Waals surface area contributed by atoms with Gasteiger partial charge < -0.3 is 14.7 Å². The average Bonchev–Trinajstić information content (AvgIpc) is 3.31. The monoisotopic (exact) mass is 446 g/mol. The molecular formula is C28H38N4O. The molecule has 5 nitrogen and oxygen atoms in total. The summed E-state index contributed by atoms with van der Waals surface area (Å²) < 4.78 is 0. The summed E-state index contributed by atoms with van der Waals surface area (Å²) in [6.07, 6.45) is 7.96. The molecule has 0 unspecified atom stereocenters. The predicted octanol–water partition coefficient (Wildman–Crippen LogP) is 4.06. The number of fused-ring (bicyclic) bond motifs is 1. The van der Waals surface area contributed by atoms with E-state index in [-0.39, 0.29) is 5.91 Å². The fourth-order valence-electron chi connectivity index (χ4n) is 5.81. The summed E-state index contributed by atoms with van der Waals surface area (Å²) in [5.41, 5.74) is 6.30. The fourth-order valence-corrected chi connectivity index (χ4v) is 5.81. The molecule has 2 aliphatic heterocycles. The molecule has 2 fully saturated rings. The van der Waals surface area contributed by atoms with Crippen molar-refractivity contribution in [3.63, 3.8) is 0 Å². The predicted molar refractivity (Wildman–Crippen MR) is 137 cm³/mol. The number of piperazine rings is 1. The molecule has 2 aromatic rings. The van der Waals surface area contributed by atoms with E-state index in [1.807, 2.05) is 43.3 Å². The highest BCUT2D eigenvalue weighted by molar-refractivity contribution is 5.94. The van der Waals surface area contributed by atoms with Crippen molar-refractivity contribution in [3.05, 3.63) is 59.2 Å². The molecule has 5 rings (SSSR count). The minimum atomic E-state index is 0.147. The second-order valence-electron chi connectivity index (χ2n) is 10.1. The Balaban J connectivity index is 1.19. The van der Waals surface area contributed by atoms with Gasteiger partial charge in [0.2, 0.25) is 0 Å². The zero-order chi connectivity index (χ0) is 22.8. The van der Waals surface area contributed by atoms with Crippen LogP contribution in [-0.2, 0) is 12.8 Å². The van der Waals surface area contributed by atoms with Crippen molar-refractivity contribution in [2.75, 3.05) is 63.2 Å². The highest BCUT2D eigenvalue weighted by Gasteiger charge is 2.26. The van der Waals surface area contributed by atoms with Crippen molar-refractivity contribution in [3.8, 4) is 0 Å². The maximum absolute atomic E-state index is 13.0. The first-order valence-corrected chi connectivity index (χ1v) is 12.8. The molecule has 0 radical (unpaired) electrons. The normalized spacial score (nSPS) is 19.9. The average molecular weight is 447 g/mol. The van der Waals surface area contributed by atoms with Crippen LogP contribution in [0.4, 0.5) is 11.4 Å². The number of rotatable bonds is 4. The number of hydrogen-bond acceptors (Lipinski definition) is 4. The Morgan fingerprint density at radius 1 is 0.818 bits per heavy atom. The molecule has 1 amide bonds. The standard InChI is InChI=1S/C28H38N4O/c1-29(2)25-10-8-23(9-11-25)28(33)32-19-17-31(18-20-32)27-12-7-22-13-15-30(16-14-24(22)21-27)26-5-3-4-6-26/h7-12,21,26H,3-6,13-20H2,1-2H3. The number of amides is 1. The van der Waals surface area contributed by atoms with Gasteiger partial charge >= 0.3 is 0 Å². The lowest BCUT2D eigenvalue weighted by Gasteiger charge is -2.36. The van der Waals surface area contributed by atoms with E-state index in [0.717, 1.165) is 43.5 Å². The van der Waals surface area contributed by atoms with Crippen LogP contribution < -0.4 is 9.80 Å². The molecule has 2 aromatic carbocycles. The van der Waals surface area contributed by atoms with Crippen molar-refractivity contribution in [1.29, 1.82) is 0 Å². The fraction of sp³-hybridized carbons (Fsp3) is 0.536. The van der Waals surface area contributed by atoms with Gasteiger partial charge in [0.15, 0.2) is 0 Å². The van der Waals surface area contributed by atoms with Crippen LogP contribution in [0, 0.1) is 0 Å². The quantitative estimate of drug-likeness (QED) is 0.709. The molecule has 1 aliphatic carbocycles. The van der Waals surface area contributed by atoms with Crippen LogP contribution in [0.15, 0.2) is 42.5 Å². The van der Waals surface area contributed by atoms with Crippen molar-refractivity contribution >= 4 is 17.3 Å². The van der Waals surface area contributed by atoms with Crippen LogP contribution in [-0.4, -0.2) is 75.1 Å². The highest BCUT2D eigenvalue weighted by atomic mass is 16.2. The summed E-state index contributed by atoms with van der Waals surface area (Å²) in [5, 5.41) is 0. The molecule has 1 saturated heterocycles. The van der Waals surface area contributed by atoms with Gasteiger partial charge in [0.25, 0.3) is 5.91 Å². The number of benzene rings is 2. The van der Waals surface area contributed by atoms with Crippen LogP contribution in [0.25, 0.3) is 0 Å². The molecule has 0 bridgehead atoms. The lowest BCUT2D eigenvalue weighted by molar-refractivity contribution is 0.0747. The maximum Gasteiger partial charge on any atom is 0.253 e. The largest absolute Gasteiger partial charge is 0.378 e. The first-order chi connectivity index (χ1) is 16.1. The van der Waals surface area contributed by atoms with Gasteiger partial charge in [-0.15, -0.1) is 0 Å². The van der Waals surface area contributed by atoms with Crippen molar-refractivity contribution in [2.45, 2.75) is 44.6 Å². The Morgan fingerprint density at radius 3 is 2.15 bits per heavy atom. The van der Waals surface area contributed by atoms with E-state index >= 15 is 0 Å². The molecule has 0 aromatic heterocycles. The minimum Gasteiger partial charge on any atom is -0.378 e. The Morgan fingerprint density at radius 2 is 1.48 bits per heavy atom. The van der Waals surface area contributed by atoms with Crippen molar-refractivity contribution < 1.29 is 4.79 Å². The Kier molecular flexibility index (Phi) is 6.59. The third-order valence-corrected chi connectivity index (χ3v) is 7.93. The van der Waals surface area contributed by atoms with Crippen molar-refractivity contribution in [2.24, 2.45) is 0 Å². The Bertz CT molecular complexity index is 956. The van der Waals surface area contributed by atoms with Crippen LogP contribution >= 0.6 is 0 Å². The Labute approximate surface area is 199 Å². The van der Waals surface area contributed by atoms with Gasteiger partial charge in [-0.3, -0.25) is 9.69 Å². The molecular weight excluding hydrogens is 408 g/mol. The van der Waals surface area contributed by atoms with Crippen LogP contribution in [0.1, 0.15) is 47.2 Å². The molecule has 33 heavy (non-hydrogen) atoms. The molecule has 0 N–H and O–H groups in total. The zero-order valence-corrected chi connectivity index (χ0v) is 20.3. The summed E-state index contributed by atoms with van der Waals surface area (Å²) in [6.45, 7) is 5.77. The van der Waals surface area contributed by atoms with E-state index < -0.39 is 0 Å². The zero-order valence-electron chi connectivity index (χ0n) is 20.3. The van der Waals surface area contributed by atoms with Gasteiger partial charge in [-0.25, -0.2) is 0 Å². The van der Waals surface area contributed by atoms with Gasteiger partial charge in [0, 0.05) is 76.3 Å². The van der Waals surface area contributed by atoms with Gasteiger partial charge in [-0.2, -0.15) is 0 Å². The topological polar surface area (TPSA) is 30.0 Å². The third-order valence-electron chi connectivity index (χ3n) is 7.93. The van der Waals surface area contributed by atoms with Gasteiger partial charge in [-0.05, 0) is 73.2 Å². The molecule has 1 saturated carbocycles. The molecule has 2 heterocycles. The lowest BCUT2D eigenvalue weighted by Crippen LogP contribution is -2.48. The summed E-state index contributed by atoms with van der Waals surface area (Å²) in [4.78, 5) is 22.3. The SMILES string of the molecule is CN(C)c1ccc(C(=O)N2CCN(c3ccc4c(c3)CCN(C3CCCC3)CC4)CC2)cc1. The van der Waals surface area contributed by atoms with Crippen LogP contribution in [0.5, 0.6) is 0 Å². The highest BCUT2D eigenvalue weighted by Crippen LogP contribution is 2.28. The second kappa shape index (κ2) is 9.76. The third kappa shape index (κ3) is 4.89. The number of carbonyl (C=O) groups is 1. The Hall–Kier alpha value is -2.53. The smallest absolute Gasteiger partial charge is 0.253 e. The maximum atomic E-state index is 13.0. The second-order valence-corrected chi connectivity index (χ2v) is 10.1. The molecule has 3 aliphatic rings. The first kappa shape index (κ1) is 22.3. The van der Waals surface area contributed by atoms with E-state index in [2.05, 4.69) is 32.9 Å². The molecule has 0 spiro atoms. The molecule has 0 atom stereocenters. The van der Waals surface area contributed by atoms with E-state index in [9.17, 15) is 4.79 Å². The number of nitrogens with zero attached hydrogens (tertiary/aromatic N) is 4.